The standard InChI is InChI=1S/C12H20N4O2S/c1-10-3-4-11(9-12(10)13)19(17,18)14-16-7-5-15(2)6-8-16/h3-4,9,14H,5-8,13H2,1-2H3. The highest BCUT2D eigenvalue weighted by Crippen LogP contribution is 2.17. The lowest BCUT2D eigenvalue weighted by molar-refractivity contribution is 0.135. The summed E-state index contributed by atoms with van der Waals surface area (Å²) in [5.74, 6) is 0. The van der Waals surface area contributed by atoms with Gasteiger partial charge in [-0.1, -0.05) is 6.07 Å². The molecule has 1 aliphatic heterocycles. The zero-order valence-electron chi connectivity index (χ0n) is 11.3. The smallest absolute Gasteiger partial charge is 0.253 e. The molecule has 1 fully saturated rings. The molecule has 0 aliphatic carbocycles. The highest BCUT2D eigenvalue weighted by Gasteiger charge is 2.21. The second kappa shape index (κ2) is 5.46. The number of sulfonamides is 1. The fraction of sp³-hybridized carbons (Fsp3) is 0.500. The van der Waals surface area contributed by atoms with Gasteiger partial charge in [-0.25, -0.2) is 13.4 Å². The molecular formula is C12H20N4O2S. The van der Waals surface area contributed by atoms with Crippen LogP contribution in [0.3, 0.4) is 0 Å². The Labute approximate surface area is 114 Å². The van der Waals surface area contributed by atoms with Crippen LogP contribution < -0.4 is 10.6 Å². The lowest BCUT2D eigenvalue weighted by Gasteiger charge is -2.32. The minimum absolute atomic E-state index is 0.203. The third-order valence-electron chi connectivity index (χ3n) is 3.31. The molecule has 3 N–H and O–H groups in total. The van der Waals surface area contributed by atoms with Crippen molar-refractivity contribution in [3.8, 4) is 0 Å². The molecule has 1 heterocycles. The highest BCUT2D eigenvalue weighted by atomic mass is 32.2. The second-order valence-electron chi connectivity index (χ2n) is 4.90. The molecule has 1 aromatic rings. The first-order chi connectivity index (χ1) is 8.88. The molecule has 106 valence electrons. The van der Waals surface area contributed by atoms with Crippen molar-refractivity contribution in [1.82, 2.24) is 14.7 Å². The van der Waals surface area contributed by atoms with Crippen molar-refractivity contribution in [2.24, 2.45) is 0 Å². The van der Waals surface area contributed by atoms with Crippen LogP contribution in [0.5, 0.6) is 0 Å². The Bertz CT molecular complexity index is 551. The Kier molecular flexibility index (Phi) is 4.10. The van der Waals surface area contributed by atoms with E-state index in [1.807, 2.05) is 14.0 Å². The molecule has 0 aromatic heterocycles. The number of hydrogen-bond acceptors (Lipinski definition) is 5. The lowest BCUT2D eigenvalue weighted by Crippen LogP contribution is -2.52. The number of likely N-dealkylation sites (N-methyl/N-ethyl adjacent to an activating group) is 1. The molecule has 1 aromatic carbocycles. The van der Waals surface area contributed by atoms with Gasteiger partial charge in [0.2, 0.25) is 0 Å². The quantitative estimate of drug-likeness (QED) is 0.765. The molecule has 19 heavy (non-hydrogen) atoms. The van der Waals surface area contributed by atoms with Crippen LogP contribution in [0.25, 0.3) is 0 Å². The largest absolute Gasteiger partial charge is 0.398 e. The number of nitrogens with two attached hydrogens (primary N) is 1. The van der Waals surface area contributed by atoms with Crippen molar-refractivity contribution in [1.29, 1.82) is 0 Å². The van der Waals surface area contributed by atoms with Gasteiger partial charge < -0.3 is 10.6 Å². The molecule has 0 saturated carbocycles. The Hall–Kier alpha value is -1.15. The SMILES string of the molecule is Cc1ccc(S(=O)(=O)NN2CCN(C)CC2)cc1N. The number of rotatable bonds is 3. The fourth-order valence-electron chi connectivity index (χ4n) is 1.91. The van der Waals surface area contributed by atoms with Crippen LogP contribution in [0.1, 0.15) is 5.56 Å². The third-order valence-corrected chi connectivity index (χ3v) is 4.69. The van der Waals surface area contributed by atoms with Gasteiger partial charge in [0.1, 0.15) is 0 Å². The first-order valence-electron chi connectivity index (χ1n) is 6.20. The molecule has 1 aliphatic rings. The molecule has 6 nitrogen and oxygen atoms in total. The van der Waals surface area contributed by atoms with Gasteiger partial charge in [-0.15, -0.1) is 4.83 Å². The van der Waals surface area contributed by atoms with Crippen LogP contribution in [0, 0.1) is 6.92 Å². The Balaban J connectivity index is 2.11. The predicted octanol–water partition coefficient (Wildman–Crippen LogP) is 0.0179. The van der Waals surface area contributed by atoms with Crippen molar-refractivity contribution < 1.29 is 8.42 Å². The van der Waals surface area contributed by atoms with Crippen molar-refractivity contribution in [2.45, 2.75) is 11.8 Å². The van der Waals surface area contributed by atoms with Crippen LogP contribution in [0.4, 0.5) is 5.69 Å². The third kappa shape index (κ3) is 3.44. The fourth-order valence-corrected chi connectivity index (χ4v) is 3.06. The van der Waals surface area contributed by atoms with E-state index in [2.05, 4.69) is 9.73 Å². The zero-order chi connectivity index (χ0) is 14.0. The molecular weight excluding hydrogens is 264 g/mol. The van der Waals surface area contributed by atoms with Crippen LogP contribution >= 0.6 is 0 Å². The summed E-state index contributed by atoms with van der Waals surface area (Å²) in [6, 6.07) is 4.78. The average molecular weight is 284 g/mol. The van der Waals surface area contributed by atoms with E-state index in [1.165, 1.54) is 6.07 Å². The molecule has 0 amide bonds. The maximum atomic E-state index is 12.2. The minimum Gasteiger partial charge on any atom is -0.398 e. The second-order valence-corrected chi connectivity index (χ2v) is 6.56. The van der Waals surface area contributed by atoms with E-state index in [0.717, 1.165) is 18.7 Å². The summed E-state index contributed by atoms with van der Waals surface area (Å²) in [4.78, 5) is 4.97. The van der Waals surface area contributed by atoms with Crippen LogP contribution in [0.2, 0.25) is 0 Å². The van der Waals surface area contributed by atoms with Crippen molar-refractivity contribution in [3.63, 3.8) is 0 Å². The zero-order valence-corrected chi connectivity index (χ0v) is 12.1. The van der Waals surface area contributed by atoms with Gasteiger partial charge in [0.25, 0.3) is 10.0 Å². The number of piperazine rings is 1. The number of hydrazine groups is 1. The molecule has 1 saturated heterocycles. The molecule has 7 heteroatoms. The molecule has 2 rings (SSSR count). The van der Waals surface area contributed by atoms with Crippen LogP contribution in [-0.2, 0) is 10.0 Å². The van der Waals surface area contributed by atoms with Gasteiger partial charge >= 0.3 is 0 Å². The summed E-state index contributed by atoms with van der Waals surface area (Å²) in [6.07, 6.45) is 0. The maximum Gasteiger partial charge on any atom is 0.253 e. The number of nitrogens with zero attached hydrogens (tertiary/aromatic N) is 2. The van der Waals surface area contributed by atoms with E-state index in [9.17, 15) is 8.42 Å². The van der Waals surface area contributed by atoms with Gasteiger partial charge in [-0.3, -0.25) is 0 Å². The number of nitrogens with one attached hydrogen (secondary N) is 1. The summed E-state index contributed by atoms with van der Waals surface area (Å²) < 4.78 is 24.4. The number of aryl methyl sites for hydroxylation is 1. The Morgan fingerprint density at radius 1 is 1.21 bits per heavy atom. The van der Waals surface area contributed by atoms with Gasteiger partial charge in [-0.2, -0.15) is 0 Å². The Morgan fingerprint density at radius 2 is 1.84 bits per heavy atom. The molecule has 0 spiro atoms. The molecule has 0 atom stereocenters. The van der Waals surface area contributed by atoms with E-state index < -0.39 is 10.0 Å². The van der Waals surface area contributed by atoms with E-state index >= 15 is 0 Å². The van der Waals surface area contributed by atoms with Gasteiger partial charge in [0, 0.05) is 31.9 Å². The first kappa shape index (κ1) is 14.3. The number of hydrogen-bond donors (Lipinski definition) is 2. The lowest BCUT2D eigenvalue weighted by atomic mass is 10.2. The van der Waals surface area contributed by atoms with Crippen molar-refractivity contribution >= 4 is 15.7 Å². The van der Waals surface area contributed by atoms with Crippen LogP contribution in [0.15, 0.2) is 23.1 Å². The summed E-state index contributed by atoms with van der Waals surface area (Å²) in [5, 5.41) is 1.73. The molecule has 0 radical (unpaired) electrons. The van der Waals surface area contributed by atoms with Crippen molar-refractivity contribution in [2.75, 3.05) is 39.0 Å². The summed E-state index contributed by atoms with van der Waals surface area (Å²) in [5.41, 5.74) is 7.12. The maximum absolute atomic E-state index is 12.2. The first-order valence-corrected chi connectivity index (χ1v) is 7.69. The predicted molar refractivity (Wildman–Crippen MR) is 75.0 cm³/mol. The average Bonchev–Trinajstić information content (AvgIpc) is 2.35. The topological polar surface area (TPSA) is 78.7 Å². The number of benzene rings is 1. The van der Waals surface area contributed by atoms with Gasteiger partial charge in [-0.05, 0) is 31.7 Å². The monoisotopic (exact) mass is 284 g/mol. The van der Waals surface area contributed by atoms with Gasteiger partial charge in [0.05, 0.1) is 4.90 Å². The van der Waals surface area contributed by atoms with E-state index in [1.54, 1.807) is 17.1 Å². The molecule has 0 unspecified atom stereocenters. The number of nitrogen functional groups attached to an aromatic ring is 1. The van der Waals surface area contributed by atoms with E-state index in [0.29, 0.717) is 18.8 Å². The Morgan fingerprint density at radius 3 is 2.42 bits per heavy atom. The van der Waals surface area contributed by atoms with E-state index in [-0.39, 0.29) is 4.90 Å². The van der Waals surface area contributed by atoms with Gasteiger partial charge in [0.15, 0.2) is 0 Å². The molecule has 0 bridgehead atoms. The summed E-state index contributed by atoms with van der Waals surface area (Å²) >= 11 is 0. The van der Waals surface area contributed by atoms with Crippen molar-refractivity contribution in [3.05, 3.63) is 23.8 Å². The summed E-state index contributed by atoms with van der Waals surface area (Å²) in [6.45, 7) is 4.89. The normalized spacial score (nSPS) is 18.6. The highest BCUT2D eigenvalue weighted by molar-refractivity contribution is 7.89. The number of anilines is 1. The minimum atomic E-state index is -3.54. The van der Waals surface area contributed by atoms with Crippen LogP contribution in [-0.4, -0.2) is 51.6 Å². The summed E-state index contributed by atoms with van der Waals surface area (Å²) in [7, 11) is -1.52. The van der Waals surface area contributed by atoms with E-state index in [4.69, 9.17) is 5.73 Å².